The molecule has 0 fully saturated rings. The van der Waals surface area contributed by atoms with Crippen LogP contribution in [0.5, 0.6) is 0 Å². The Bertz CT molecular complexity index is 702. The molecule has 0 aliphatic carbocycles. The maximum atomic E-state index is 10.7. The molecule has 1 heterocycles. The molecule has 0 radical (unpaired) electrons. The summed E-state index contributed by atoms with van der Waals surface area (Å²) in [4.78, 5) is 10.4. The van der Waals surface area contributed by atoms with Gasteiger partial charge in [-0.15, -0.1) is 0 Å². The fourth-order valence-electron chi connectivity index (χ4n) is 1.83. The van der Waals surface area contributed by atoms with Gasteiger partial charge in [0.15, 0.2) is 0 Å². The van der Waals surface area contributed by atoms with Crippen molar-refractivity contribution in [2.24, 2.45) is 0 Å². The van der Waals surface area contributed by atoms with Gasteiger partial charge in [-0.05, 0) is 0 Å². The van der Waals surface area contributed by atoms with Crippen LogP contribution in [-0.2, 0) is 0 Å². The van der Waals surface area contributed by atoms with Gasteiger partial charge < -0.3 is 0 Å². The Kier molecular flexibility index (Phi) is 2.06. The second kappa shape index (κ2) is 3.44. The van der Waals surface area contributed by atoms with Crippen LogP contribution in [0.1, 0.15) is 0 Å². The Morgan fingerprint density at radius 2 is 1.75 bits per heavy atom. The van der Waals surface area contributed by atoms with Crippen molar-refractivity contribution in [2.75, 3.05) is 0 Å². The van der Waals surface area contributed by atoms with E-state index in [0.29, 0.717) is 14.5 Å². The zero-order valence-corrected chi connectivity index (χ0v) is 9.93. The van der Waals surface area contributed by atoms with Gasteiger partial charge in [0.25, 0.3) is 0 Å². The van der Waals surface area contributed by atoms with Gasteiger partial charge in [-0.2, -0.15) is 0 Å². The van der Waals surface area contributed by atoms with Gasteiger partial charge >= 0.3 is 97.0 Å². The first-order valence-electron chi connectivity index (χ1n) is 4.81. The molecule has 16 heavy (non-hydrogen) atoms. The van der Waals surface area contributed by atoms with E-state index in [-0.39, 0.29) is 10.6 Å². The van der Waals surface area contributed by atoms with Crippen molar-refractivity contribution >= 4 is 39.5 Å². The van der Waals surface area contributed by atoms with E-state index >= 15 is 0 Å². The Hall–Kier alpha value is -1.64. The summed E-state index contributed by atoms with van der Waals surface area (Å²) in [6.45, 7) is 0. The molecule has 0 amide bonds. The normalized spacial score (nSPS) is 11.0. The Labute approximate surface area is 97.2 Å². The predicted molar refractivity (Wildman–Crippen MR) is 65.0 cm³/mol. The summed E-state index contributed by atoms with van der Waals surface area (Å²) < 4.78 is 2.55. The third-order valence-electron chi connectivity index (χ3n) is 2.57. The van der Waals surface area contributed by atoms with Crippen LogP contribution in [0.4, 0.5) is 5.69 Å². The molecule has 0 N–H and O–H groups in total. The van der Waals surface area contributed by atoms with E-state index in [0.717, 1.165) is 10.8 Å². The first-order chi connectivity index (χ1) is 7.75. The minimum absolute atomic E-state index is 0.172. The number of non-ortho nitro benzene ring substituents is 1. The molecule has 0 atom stereocenters. The predicted octanol–water partition coefficient (Wildman–Crippen LogP) is 2.96. The number of benzene rings is 2. The van der Waals surface area contributed by atoms with Gasteiger partial charge in [0.05, 0.1) is 0 Å². The van der Waals surface area contributed by atoms with Crippen molar-refractivity contribution in [3.8, 4) is 0 Å². The Morgan fingerprint density at radius 1 is 1.00 bits per heavy atom. The molecule has 78 valence electrons. The van der Waals surface area contributed by atoms with Gasteiger partial charge in [-0.1, -0.05) is 0 Å². The summed E-state index contributed by atoms with van der Waals surface area (Å²) in [5.41, 5.74) is 0.172. The van der Waals surface area contributed by atoms with Gasteiger partial charge in [-0.3, -0.25) is 0 Å². The number of fused-ring (bicyclic) bond motifs is 3. The number of nitro groups is 1. The van der Waals surface area contributed by atoms with Gasteiger partial charge in [-0.25, -0.2) is 0 Å². The molecular weight excluding hydrogens is 269 g/mol. The van der Waals surface area contributed by atoms with E-state index in [1.54, 1.807) is 12.1 Å². The van der Waals surface area contributed by atoms with Gasteiger partial charge in [0.1, 0.15) is 0 Å². The molecular formula is C12H7NO2Se. The van der Waals surface area contributed by atoms with Crippen molar-refractivity contribution in [3.05, 3.63) is 52.6 Å². The van der Waals surface area contributed by atoms with Crippen LogP contribution in [0, 0.1) is 10.1 Å². The monoisotopic (exact) mass is 277 g/mol. The summed E-state index contributed by atoms with van der Waals surface area (Å²) in [7, 11) is 0. The van der Waals surface area contributed by atoms with Gasteiger partial charge in [0.2, 0.25) is 0 Å². The zero-order valence-electron chi connectivity index (χ0n) is 8.21. The van der Waals surface area contributed by atoms with Crippen molar-refractivity contribution in [1.29, 1.82) is 0 Å². The molecule has 3 aromatic rings. The summed E-state index contributed by atoms with van der Waals surface area (Å²) in [5.74, 6) is 0. The first-order valence-corrected chi connectivity index (χ1v) is 6.53. The zero-order chi connectivity index (χ0) is 11.1. The van der Waals surface area contributed by atoms with E-state index in [4.69, 9.17) is 0 Å². The molecule has 0 spiro atoms. The standard InChI is InChI=1S/C12H7NO2Se/c14-13(15)8-5-6-12-10(7-8)9-3-1-2-4-11(9)16-12/h1-7H. The van der Waals surface area contributed by atoms with Crippen LogP contribution in [0.25, 0.3) is 19.3 Å². The van der Waals surface area contributed by atoms with E-state index in [2.05, 4.69) is 6.07 Å². The summed E-state index contributed by atoms with van der Waals surface area (Å²) in [5, 5.41) is 12.9. The second-order valence-electron chi connectivity index (χ2n) is 3.54. The second-order valence-corrected chi connectivity index (χ2v) is 5.81. The number of hydrogen-bond acceptors (Lipinski definition) is 2. The van der Waals surface area contributed by atoms with Crippen LogP contribution >= 0.6 is 0 Å². The van der Waals surface area contributed by atoms with Gasteiger partial charge in [0, 0.05) is 0 Å². The topological polar surface area (TPSA) is 43.1 Å². The molecule has 0 aliphatic heterocycles. The first kappa shape index (κ1) is 9.58. The summed E-state index contributed by atoms with van der Waals surface area (Å²) >= 11 is 0.293. The third-order valence-corrected chi connectivity index (χ3v) is 4.99. The quantitative estimate of drug-likeness (QED) is 0.389. The molecule has 3 nitrogen and oxygen atoms in total. The van der Waals surface area contributed by atoms with Crippen LogP contribution in [0.3, 0.4) is 0 Å². The van der Waals surface area contributed by atoms with Crippen LogP contribution in [-0.4, -0.2) is 19.4 Å². The summed E-state index contributed by atoms with van der Waals surface area (Å²) in [6, 6.07) is 13.3. The van der Waals surface area contributed by atoms with E-state index in [1.165, 1.54) is 8.52 Å². The average molecular weight is 276 g/mol. The third kappa shape index (κ3) is 1.35. The van der Waals surface area contributed by atoms with Crippen LogP contribution in [0.2, 0.25) is 0 Å². The van der Waals surface area contributed by atoms with Crippen molar-refractivity contribution < 1.29 is 4.92 Å². The number of rotatable bonds is 1. The Balaban J connectivity index is 2.44. The molecule has 3 rings (SSSR count). The summed E-state index contributed by atoms with van der Waals surface area (Å²) in [6.07, 6.45) is 0. The molecule has 4 heteroatoms. The number of nitrogens with zero attached hydrogens (tertiary/aromatic N) is 1. The van der Waals surface area contributed by atoms with Crippen LogP contribution in [0.15, 0.2) is 42.5 Å². The number of hydrogen-bond donors (Lipinski definition) is 0. The number of nitro benzene ring substituents is 1. The van der Waals surface area contributed by atoms with Crippen LogP contribution < -0.4 is 0 Å². The average Bonchev–Trinajstić information content (AvgIpc) is 2.66. The molecule has 0 saturated carbocycles. The Morgan fingerprint density at radius 3 is 2.56 bits per heavy atom. The molecule has 0 unspecified atom stereocenters. The van der Waals surface area contributed by atoms with E-state index in [9.17, 15) is 10.1 Å². The SMILES string of the molecule is O=[N+]([O-])c1ccc2[se]c3ccccc3c2c1. The van der Waals surface area contributed by atoms with E-state index < -0.39 is 0 Å². The molecule has 0 bridgehead atoms. The van der Waals surface area contributed by atoms with Crippen molar-refractivity contribution in [3.63, 3.8) is 0 Å². The minimum atomic E-state index is -0.339. The molecule has 0 saturated heterocycles. The fourth-order valence-corrected chi connectivity index (χ4v) is 4.11. The maximum absolute atomic E-state index is 10.7. The molecule has 1 aromatic heterocycles. The molecule has 0 aliphatic rings. The van der Waals surface area contributed by atoms with Crippen molar-refractivity contribution in [1.82, 2.24) is 0 Å². The van der Waals surface area contributed by atoms with E-state index in [1.807, 2.05) is 24.3 Å². The van der Waals surface area contributed by atoms with Crippen molar-refractivity contribution in [2.45, 2.75) is 0 Å². The molecule has 2 aromatic carbocycles. The fraction of sp³-hybridized carbons (Fsp3) is 0.